The van der Waals surface area contributed by atoms with E-state index in [0.29, 0.717) is 21.9 Å². The molecule has 0 aliphatic rings. The largest absolute Gasteiger partial charge is 0.506 e. The van der Waals surface area contributed by atoms with E-state index in [9.17, 15) is 14.7 Å². The predicted molar refractivity (Wildman–Crippen MR) is 84.3 cm³/mol. The number of aromatic hydroxyl groups is 1. The zero-order chi connectivity index (χ0) is 14.9. The standard InChI is InChI=1S/C13H12Br2N2O3/c1-2-3-16-12(19)9-11(18)7-4-6(14)5-8(15)10(7)17-13(9)20/h4-5H,2-3H2,1H3,(H,16,19)(H2,17,18,20). The fourth-order valence-corrected chi connectivity index (χ4v) is 3.17. The molecule has 5 nitrogen and oxygen atoms in total. The highest BCUT2D eigenvalue weighted by Gasteiger charge is 2.19. The lowest BCUT2D eigenvalue weighted by Gasteiger charge is -2.09. The van der Waals surface area contributed by atoms with Gasteiger partial charge in [-0.3, -0.25) is 9.59 Å². The van der Waals surface area contributed by atoms with Gasteiger partial charge in [-0.05, 0) is 34.5 Å². The topological polar surface area (TPSA) is 82.2 Å². The number of aromatic nitrogens is 1. The Morgan fingerprint density at radius 3 is 2.75 bits per heavy atom. The van der Waals surface area contributed by atoms with Crippen molar-refractivity contribution in [3.8, 4) is 5.75 Å². The van der Waals surface area contributed by atoms with Crippen molar-refractivity contribution in [2.45, 2.75) is 13.3 Å². The van der Waals surface area contributed by atoms with Gasteiger partial charge >= 0.3 is 0 Å². The quantitative estimate of drug-likeness (QED) is 0.736. The van der Waals surface area contributed by atoms with Gasteiger partial charge in [-0.25, -0.2) is 0 Å². The number of carbonyl (C=O) groups excluding carboxylic acids is 1. The number of fused-ring (bicyclic) bond motifs is 1. The molecule has 0 aliphatic heterocycles. The number of nitrogens with one attached hydrogen (secondary N) is 2. The summed E-state index contributed by atoms with van der Waals surface area (Å²) >= 11 is 6.61. The van der Waals surface area contributed by atoms with E-state index in [1.165, 1.54) is 0 Å². The zero-order valence-corrected chi connectivity index (χ0v) is 13.8. The van der Waals surface area contributed by atoms with Crippen LogP contribution in [-0.4, -0.2) is 22.5 Å². The van der Waals surface area contributed by atoms with Crippen LogP contribution in [-0.2, 0) is 0 Å². The average molecular weight is 404 g/mol. The second-order valence-electron chi connectivity index (χ2n) is 4.24. The first-order valence-corrected chi connectivity index (χ1v) is 7.56. The lowest BCUT2D eigenvalue weighted by Crippen LogP contribution is -2.30. The smallest absolute Gasteiger partial charge is 0.265 e. The van der Waals surface area contributed by atoms with Crippen molar-refractivity contribution in [2.75, 3.05) is 6.54 Å². The van der Waals surface area contributed by atoms with Gasteiger partial charge in [0, 0.05) is 20.9 Å². The highest BCUT2D eigenvalue weighted by atomic mass is 79.9. The Balaban J connectivity index is 2.68. The van der Waals surface area contributed by atoms with Gasteiger partial charge in [-0.15, -0.1) is 0 Å². The summed E-state index contributed by atoms with van der Waals surface area (Å²) in [5.41, 5.74) is -0.440. The first kappa shape index (κ1) is 15.1. The van der Waals surface area contributed by atoms with Gasteiger partial charge in [0.25, 0.3) is 11.5 Å². The summed E-state index contributed by atoms with van der Waals surface area (Å²) < 4.78 is 1.34. The van der Waals surface area contributed by atoms with Gasteiger partial charge in [-0.2, -0.15) is 0 Å². The van der Waals surface area contributed by atoms with E-state index in [1.54, 1.807) is 12.1 Å². The number of carbonyl (C=O) groups is 1. The lowest BCUT2D eigenvalue weighted by molar-refractivity contribution is 0.0949. The van der Waals surface area contributed by atoms with Crippen LogP contribution in [0, 0.1) is 0 Å². The van der Waals surface area contributed by atoms with Gasteiger partial charge in [0.1, 0.15) is 11.3 Å². The molecule has 7 heteroatoms. The first-order chi connectivity index (χ1) is 9.45. The van der Waals surface area contributed by atoms with Gasteiger partial charge in [0.2, 0.25) is 0 Å². The van der Waals surface area contributed by atoms with Crippen molar-refractivity contribution < 1.29 is 9.90 Å². The zero-order valence-electron chi connectivity index (χ0n) is 10.6. The number of halogens is 2. The molecule has 0 aliphatic carbocycles. The maximum Gasteiger partial charge on any atom is 0.265 e. The molecule has 0 unspecified atom stereocenters. The Bertz CT molecular complexity index is 740. The number of H-pyrrole nitrogens is 1. The Labute approximate surface area is 131 Å². The van der Waals surface area contributed by atoms with Gasteiger partial charge < -0.3 is 15.4 Å². The van der Waals surface area contributed by atoms with Crippen molar-refractivity contribution in [1.82, 2.24) is 10.3 Å². The average Bonchev–Trinajstić information content (AvgIpc) is 2.38. The van der Waals surface area contributed by atoms with Crippen LogP contribution in [0.2, 0.25) is 0 Å². The van der Waals surface area contributed by atoms with E-state index in [4.69, 9.17) is 0 Å². The van der Waals surface area contributed by atoms with Crippen LogP contribution >= 0.6 is 31.9 Å². The molecule has 2 aromatic rings. The van der Waals surface area contributed by atoms with Crippen molar-refractivity contribution in [2.24, 2.45) is 0 Å². The molecule has 0 fully saturated rings. The molecule has 1 aromatic carbocycles. The molecule has 0 bridgehead atoms. The van der Waals surface area contributed by atoms with Gasteiger partial charge in [0.15, 0.2) is 0 Å². The minimum Gasteiger partial charge on any atom is -0.506 e. The van der Waals surface area contributed by atoms with Crippen molar-refractivity contribution in [3.05, 3.63) is 37.0 Å². The van der Waals surface area contributed by atoms with Gasteiger partial charge in [0.05, 0.1) is 5.52 Å². The van der Waals surface area contributed by atoms with Crippen molar-refractivity contribution >= 4 is 48.7 Å². The molecular formula is C13H12Br2N2O3. The monoisotopic (exact) mass is 402 g/mol. The fourth-order valence-electron chi connectivity index (χ4n) is 1.84. The van der Waals surface area contributed by atoms with E-state index in [0.717, 1.165) is 10.9 Å². The third-order valence-electron chi connectivity index (χ3n) is 2.78. The van der Waals surface area contributed by atoms with Crippen LogP contribution in [0.15, 0.2) is 25.9 Å². The van der Waals surface area contributed by atoms with Gasteiger partial charge in [-0.1, -0.05) is 22.9 Å². The molecule has 3 N–H and O–H groups in total. The van der Waals surface area contributed by atoms with E-state index >= 15 is 0 Å². The lowest BCUT2D eigenvalue weighted by atomic mass is 10.1. The molecule has 0 spiro atoms. The van der Waals surface area contributed by atoms with E-state index < -0.39 is 11.5 Å². The second-order valence-corrected chi connectivity index (χ2v) is 6.01. The number of benzene rings is 1. The number of amides is 1. The molecule has 106 valence electrons. The third-order valence-corrected chi connectivity index (χ3v) is 3.86. The molecule has 0 saturated carbocycles. The molecule has 1 aromatic heterocycles. The summed E-state index contributed by atoms with van der Waals surface area (Å²) in [7, 11) is 0. The maximum absolute atomic E-state index is 12.0. The minimum absolute atomic E-state index is 0.268. The Hall–Kier alpha value is -1.34. The maximum atomic E-state index is 12.0. The summed E-state index contributed by atoms with van der Waals surface area (Å²) in [6.45, 7) is 2.34. The molecule has 0 saturated heterocycles. The van der Waals surface area contributed by atoms with Crippen LogP contribution in [0.3, 0.4) is 0 Å². The normalized spacial score (nSPS) is 10.8. The first-order valence-electron chi connectivity index (χ1n) is 5.98. The molecule has 1 heterocycles. The highest BCUT2D eigenvalue weighted by molar-refractivity contribution is 9.11. The van der Waals surface area contributed by atoms with E-state index in [2.05, 4.69) is 42.2 Å². The minimum atomic E-state index is -0.619. The number of pyridine rings is 1. The summed E-state index contributed by atoms with van der Waals surface area (Å²) in [6.07, 6.45) is 0.745. The van der Waals surface area contributed by atoms with E-state index in [-0.39, 0.29) is 11.3 Å². The van der Waals surface area contributed by atoms with Crippen LogP contribution < -0.4 is 10.9 Å². The molecule has 1 amide bonds. The third kappa shape index (κ3) is 2.73. The Morgan fingerprint density at radius 1 is 1.40 bits per heavy atom. The van der Waals surface area contributed by atoms with Crippen LogP contribution in [0.5, 0.6) is 5.75 Å². The molecule has 0 atom stereocenters. The molecule has 2 rings (SSSR count). The van der Waals surface area contributed by atoms with Crippen LogP contribution in [0.25, 0.3) is 10.9 Å². The summed E-state index contributed by atoms with van der Waals surface area (Å²) in [4.78, 5) is 26.5. The predicted octanol–water partition coefficient (Wildman–Crippen LogP) is 2.90. The molecule has 0 radical (unpaired) electrons. The van der Waals surface area contributed by atoms with E-state index in [1.807, 2.05) is 6.92 Å². The van der Waals surface area contributed by atoms with Crippen LogP contribution in [0.1, 0.15) is 23.7 Å². The molecular weight excluding hydrogens is 392 g/mol. The SMILES string of the molecule is CCCNC(=O)c1c(O)c2cc(Br)cc(Br)c2[nH]c1=O. The van der Waals surface area contributed by atoms with Crippen LogP contribution in [0.4, 0.5) is 0 Å². The van der Waals surface area contributed by atoms with Crippen molar-refractivity contribution in [1.29, 1.82) is 0 Å². The summed E-state index contributed by atoms with van der Waals surface area (Å²) in [6, 6.07) is 3.39. The molecule has 20 heavy (non-hydrogen) atoms. The van der Waals surface area contributed by atoms with Crippen molar-refractivity contribution in [3.63, 3.8) is 0 Å². The fraction of sp³-hybridized carbons (Fsp3) is 0.231. The number of rotatable bonds is 3. The number of aromatic amines is 1. The number of hydrogen-bond donors (Lipinski definition) is 3. The number of hydrogen-bond acceptors (Lipinski definition) is 3. The Morgan fingerprint density at radius 2 is 2.10 bits per heavy atom. The second kappa shape index (κ2) is 5.97. The Kier molecular flexibility index (Phi) is 4.49. The summed E-state index contributed by atoms with van der Waals surface area (Å²) in [5.74, 6) is -0.900. The summed E-state index contributed by atoms with van der Waals surface area (Å²) in [5, 5.41) is 13.2. The highest BCUT2D eigenvalue weighted by Crippen LogP contribution is 2.32.